The predicted molar refractivity (Wildman–Crippen MR) is 70.1 cm³/mol. The molecule has 0 radical (unpaired) electrons. The molecule has 1 unspecified atom stereocenters. The molecule has 3 heteroatoms. The van der Waals surface area contributed by atoms with Crippen LogP contribution in [0.1, 0.15) is 31.2 Å². The van der Waals surface area contributed by atoms with Gasteiger partial charge >= 0.3 is 0 Å². The van der Waals surface area contributed by atoms with Gasteiger partial charge in [-0.25, -0.2) is 0 Å². The average molecular weight is 282 g/mol. The second kappa shape index (κ2) is 6.04. The Morgan fingerprint density at radius 2 is 2.06 bits per heavy atom. The molecule has 0 saturated carbocycles. The second-order valence-corrected chi connectivity index (χ2v) is 4.81. The van der Waals surface area contributed by atoms with E-state index in [2.05, 4.69) is 33.2 Å². The smallest absolute Gasteiger partial charge is 0.133 e. The number of benzene rings is 1. The van der Waals surface area contributed by atoms with E-state index in [4.69, 9.17) is 4.84 Å². The summed E-state index contributed by atoms with van der Waals surface area (Å²) >= 11 is 3.44. The quantitative estimate of drug-likeness (QED) is 0.595. The van der Waals surface area contributed by atoms with Crippen LogP contribution in [0.25, 0.3) is 0 Å². The Bertz CT molecular complexity index is 350. The van der Waals surface area contributed by atoms with E-state index in [1.54, 1.807) is 0 Å². The summed E-state index contributed by atoms with van der Waals surface area (Å²) in [5.41, 5.74) is 2.27. The van der Waals surface area contributed by atoms with Crippen molar-refractivity contribution in [2.45, 2.75) is 31.8 Å². The lowest BCUT2D eigenvalue weighted by Crippen LogP contribution is -2.08. The average Bonchev–Trinajstić information content (AvgIpc) is 2.79. The summed E-state index contributed by atoms with van der Waals surface area (Å²) in [6.07, 6.45) is 4.75. The van der Waals surface area contributed by atoms with Crippen molar-refractivity contribution >= 4 is 21.6 Å². The standard InChI is InChI=1S/C13H16BrNO/c14-9-5-4-8-12-10-13(15-16-12)11-6-2-1-3-7-11/h1-3,6-7,12H,4-5,8-10H2. The van der Waals surface area contributed by atoms with Gasteiger partial charge in [0.1, 0.15) is 6.10 Å². The van der Waals surface area contributed by atoms with Crippen molar-refractivity contribution < 1.29 is 4.84 Å². The van der Waals surface area contributed by atoms with Gasteiger partial charge in [0.05, 0.1) is 5.71 Å². The van der Waals surface area contributed by atoms with Crippen LogP contribution in [-0.2, 0) is 4.84 Å². The molecule has 0 saturated heterocycles. The van der Waals surface area contributed by atoms with Crippen molar-refractivity contribution in [1.29, 1.82) is 0 Å². The number of nitrogens with zero attached hydrogens (tertiary/aromatic N) is 1. The first-order valence-electron chi connectivity index (χ1n) is 5.74. The molecule has 1 aliphatic rings. The summed E-state index contributed by atoms with van der Waals surface area (Å²) < 4.78 is 0. The molecule has 1 aliphatic heterocycles. The Morgan fingerprint density at radius 3 is 2.81 bits per heavy atom. The minimum absolute atomic E-state index is 0.286. The second-order valence-electron chi connectivity index (χ2n) is 4.02. The fraction of sp³-hybridized carbons (Fsp3) is 0.462. The lowest BCUT2D eigenvalue weighted by molar-refractivity contribution is 0.0775. The van der Waals surface area contributed by atoms with Gasteiger partial charge < -0.3 is 4.84 Å². The van der Waals surface area contributed by atoms with Crippen molar-refractivity contribution in [3.63, 3.8) is 0 Å². The Morgan fingerprint density at radius 1 is 1.25 bits per heavy atom. The van der Waals surface area contributed by atoms with Crippen molar-refractivity contribution in [2.75, 3.05) is 5.33 Å². The van der Waals surface area contributed by atoms with Crippen LogP contribution in [0.2, 0.25) is 0 Å². The number of hydrogen-bond donors (Lipinski definition) is 0. The van der Waals surface area contributed by atoms with Gasteiger partial charge in [-0.1, -0.05) is 51.4 Å². The van der Waals surface area contributed by atoms with Crippen LogP contribution in [0.15, 0.2) is 35.5 Å². The molecule has 0 bridgehead atoms. The summed E-state index contributed by atoms with van der Waals surface area (Å²) in [6.45, 7) is 0. The summed E-state index contributed by atoms with van der Waals surface area (Å²) in [6, 6.07) is 10.3. The van der Waals surface area contributed by atoms with E-state index in [1.807, 2.05) is 18.2 Å². The summed E-state index contributed by atoms with van der Waals surface area (Å²) in [4.78, 5) is 5.44. The van der Waals surface area contributed by atoms with Crippen LogP contribution in [-0.4, -0.2) is 17.1 Å². The Labute approximate surface area is 105 Å². The zero-order valence-electron chi connectivity index (χ0n) is 9.23. The van der Waals surface area contributed by atoms with Crippen molar-refractivity contribution in [3.8, 4) is 0 Å². The highest BCUT2D eigenvalue weighted by Crippen LogP contribution is 2.20. The molecule has 1 atom stereocenters. The minimum atomic E-state index is 0.286. The van der Waals surface area contributed by atoms with E-state index in [-0.39, 0.29) is 6.10 Å². The van der Waals surface area contributed by atoms with Crippen LogP contribution >= 0.6 is 15.9 Å². The van der Waals surface area contributed by atoms with Crippen LogP contribution in [0.3, 0.4) is 0 Å². The van der Waals surface area contributed by atoms with Crippen molar-refractivity contribution in [2.24, 2.45) is 5.16 Å². The molecule has 1 aromatic carbocycles. The van der Waals surface area contributed by atoms with E-state index in [9.17, 15) is 0 Å². The zero-order valence-corrected chi connectivity index (χ0v) is 10.8. The number of unbranched alkanes of at least 4 members (excludes halogenated alkanes) is 1. The number of alkyl halides is 1. The molecule has 16 heavy (non-hydrogen) atoms. The van der Waals surface area contributed by atoms with Gasteiger partial charge in [0.2, 0.25) is 0 Å². The third-order valence-corrected chi connectivity index (χ3v) is 3.31. The lowest BCUT2D eigenvalue weighted by Gasteiger charge is -2.06. The van der Waals surface area contributed by atoms with E-state index in [0.29, 0.717) is 0 Å². The molecule has 1 aromatic rings. The van der Waals surface area contributed by atoms with Crippen LogP contribution in [0.4, 0.5) is 0 Å². The van der Waals surface area contributed by atoms with Gasteiger partial charge in [-0.3, -0.25) is 0 Å². The monoisotopic (exact) mass is 281 g/mol. The zero-order chi connectivity index (χ0) is 11.2. The van der Waals surface area contributed by atoms with Crippen molar-refractivity contribution in [3.05, 3.63) is 35.9 Å². The van der Waals surface area contributed by atoms with Gasteiger partial charge in [0.25, 0.3) is 0 Å². The first-order chi connectivity index (χ1) is 7.90. The molecule has 2 rings (SSSR count). The molecule has 2 nitrogen and oxygen atoms in total. The van der Waals surface area contributed by atoms with E-state index in [1.165, 1.54) is 18.4 Å². The maximum absolute atomic E-state index is 5.44. The predicted octanol–water partition coefficient (Wildman–Crippen LogP) is 3.74. The first kappa shape index (κ1) is 11.6. The van der Waals surface area contributed by atoms with Gasteiger partial charge in [-0.15, -0.1) is 0 Å². The first-order valence-corrected chi connectivity index (χ1v) is 6.86. The Kier molecular flexibility index (Phi) is 4.40. The molecule has 1 heterocycles. The van der Waals surface area contributed by atoms with E-state index >= 15 is 0 Å². The lowest BCUT2D eigenvalue weighted by atomic mass is 10.0. The van der Waals surface area contributed by atoms with Gasteiger partial charge in [0.15, 0.2) is 0 Å². The Hall–Kier alpha value is -0.830. The summed E-state index contributed by atoms with van der Waals surface area (Å²) in [7, 11) is 0. The summed E-state index contributed by atoms with van der Waals surface area (Å²) in [5.74, 6) is 0. The van der Waals surface area contributed by atoms with Crippen molar-refractivity contribution in [1.82, 2.24) is 0 Å². The van der Waals surface area contributed by atoms with E-state index in [0.717, 1.165) is 23.9 Å². The van der Waals surface area contributed by atoms with Gasteiger partial charge in [-0.05, 0) is 24.8 Å². The number of oxime groups is 1. The SMILES string of the molecule is BrCCCCC1CC(c2ccccc2)=NO1. The number of hydrogen-bond acceptors (Lipinski definition) is 2. The molecule has 0 N–H and O–H groups in total. The van der Waals surface area contributed by atoms with Crippen LogP contribution < -0.4 is 0 Å². The molecular weight excluding hydrogens is 266 g/mol. The normalized spacial score (nSPS) is 19.3. The fourth-order valence-corrected chi connectivity index (χ4v) is 2.25. The Balaban J connectivity index is 1.83. The highest BCUT2D eigenvalue weighted by atomic mass is 79.9. The molecule has 0 fully saturated rings. The molecule has 0 aliphatic carbocycles. The third-order valence-electron chi connectivity index (χ3n) is 2.75. The molecular formula is C13H16BrNO. The topological polar surface area (TPSA) is 21.6 Å². The maximum Gasteiger partial charge on any atom is 0.133 e. The van der Waals surface area contributed by atoms with Gasteiger partial charge in [0, 0.05) is 11.8 Å². The fourth-order valence-electron chi connectivity index (χ4n) is 1.85. The largest absolute Gasteiger partial charge is 0.392 e. The molecule has 0 amide bonds. The highest BCUT2D eigenvalue weighted by molar-refractivity contribution is 9.09. The van der Waals surface area contributed by atoms with Crippen LogP contribution in [0.5, 0.6) is 0 Å². The number of rotatable bonds is 5. The van der Waals surface area contributed by atoms with Gasteiger partial charge in [-0.2, -0.15) is 0 Å². The summed E-state index contributed by atoms with van der Waals surface area (Å²) in [5, 5.41) is 5.25. The number of halogens is 1. The molecule has 86 valence electrons. The van der Waals surface area contributed by atoms with Crippen LogP contribution in [0, 0.1) is 0 Å². The minimum Gasteiger partial charge on any atom is -0.392 e. The molecule has 0 aromatic heterocycles. The third kappa shape index (κ3) is 3.08. The van der Waals surface area contributed by atoms with E-state index < -0.39 is 0 Å². The maximum atomic E-state index is 5.44. The highest BCUT2D eigenvalue weighted by Gasteiger charge is 2.21. The molecule has 0 spiro atoms.